The number of amides is 3. The zero-order valence-corrected chi connectivity index (χ0v) is 23.7. The Morgan fingerprint density at radius 3 is 2.30 bits per heavy atom. The number of halogens is 4. The van der Waals surface area contributed by atoms with Gasteiger partial charge in [-0.3, -0.25) is 14.4 Å². The van der Waals surface area contributed by atoms with Crippen LogP contribution in [0.2, 0.25) is 0 Å². The van der Waals surface area contributed by atoms with Gasteiger partial charge in [0.2, 0.25) is 23.6 Å². The summed E-state index contributed by atoms with van der Waals surface area (Å²) >= 11 is 0. The molecule has 1 aromatic carbocycles. The molecular weight excluding hydrogens is 580 g/mol. The number of nitrogens with zero attached hydrogens (tertiary/aromatic N) is 1. The number of nitrogens with one attached hydrogen (secondary N) is 3. The number of esters is 1. The van der Waals surface area contributed by atoms with Crippen molar-refractivity contribution in [3.63, 3.8) is 0 Å². The first-order valence-corrected chi connectivity index (χ1v) is 13.4. The first-order valence-electron chi connectivity index (χ1n) is 13.4. The molecule has 0 spiro atoms. The number of aromatic nitrogens is 1. The minimum Gasteiger partial charge on any atom is -0.507 e. The first-order chi connectivity index (χ1) is 20.1. The number of cyclic esters (lactones) is 1. The molecule has 1 fully saturated rings. The third-order valence-corrected chi connectivity index (χ3v) is 6.97. The number of carbonyl (C=O) groups excluding carboxylic acids is 4. The number of para-hydroxylation sites is 1. The van der Waals surface area contributed by atoms with Crippen LogP contribution in [0.25, 0.3) is 0 Å². The molecule has 0 saturated carbocycles. The van der Waals surface area contributed by atoms with E-state index in [2.05, 4.69) is 20.9 Å². The number of phenolic OH excluding ortho intramolecular Hbond substituents is 1. The standard InChI is InChI=1S/C28H32F4N4O7/c1-11(2)9-17-28(42)43-13(4)21(35-26(40)14-7-5-6-8-18(14)37)27(41)33-16(22(38)12(3)25(39)34-17)10-15-19(29)20(30)24(32)36-23(15)31/h5-8,11-13,16-17,21-22,37-38H,9-10H2,1-4H3,(H,33,41)(H,34,39)(H,35,40). The van der Waals surface area contributed by atoms with Crippen LogP contribution in [0.4, 0.5) is 17.6 Å². The number of hydrogen-bond donors (Lipinski definition) is 5. The molecule has 1 aliphatic rings. The highest BCUT2D eigenvalue weighted by atomic mass is 19.2. The highest BCUT2D eigenvalue weighted by molar-refractivity contribution is 6.00. The average Bonchev–Trinajstić information content (AvgIpc) is 2.94. The number of aromatic hydroxyl groups is 1. The quantitative estimate of drug-likeness (QED) is 0.187. The molecule has 2 heterocycles. The molecule has 43 heavy (non-hydrogen) atoms. The van der Waals surface area contributed by atoms with Gasteiger partial charge in [-0.1, -0.05) is 32.9 Å². The molecule has 234 valence electrons. The number of phenols is 1. The van der Waals surface area contributed by atoms with E-state index in [4.69, 9.17) is 4.74 Å². The van der Waals surface area contributed by atoms with Gasteiger partial charge in [0.05, 0.1) is 23.6 Å². The first kappa shape index (κ1) is 33.2. The lowest BCUT2D eigenvalue weighted by Gasteiger charge is -2.33. The number of aliphatic hydroxyl groups excluding tert-OH is 1. The van der Waals surface area contributed by atoms with Crippen LogP contribution >= 0.6 is 0 Å². The number of carbonyl (C=O) groups is 4. The molecule has 15 heteroatoms. The highest BCUT2D eigenvalue weighted by Crippen LogP contribution is 2.22. The van der Waals surface area contributed by atoms with Gasteiger partial charge >= 0.3 is 5.97 Å². The molecule has 0 radical (unpaired) electrons. The molecule has 6 unspecified atom stereocenters. The number of rotatable bonds is 6. The minimum atomic E-state index is -2.10. The van der Waals surface area contributed by atoms with E-state index in [0.29, 0.717) is 0 Å². The Morgan fingerprint density at radius 1 is 1.02 bits per heavy atom. The van der Waals surface area contributed by atoms with Crippen molar-refractivity contribution in [2.45, 2.75) is 70.9 Å². The topological polar surface area (TPSA) is 167 Å². The molecule has 1 saturated heterocycles. The molecule has 2 aromatic rings. The number of pyridine rings is 1. The summed E-state index contributed by atoms with van der Waals surface area (Å²) in [6.45, 7) is 5.98. The van der Waals surface area contributed by atoms with Crippen LogP contribution in [-0.4, -0.2) is 69.2 Å². The Labute approximate surface area is 244 Å². The van der Waals surface area contributed by atoms with Crippen molar-refractivity contribution < 1.29 is 51.7 Å². The summed E-state index contributed by atoms with van der Waals surface area (Å²) in [6, 6.07) is 0.647. The van der Waals surface area contributed by atoms with Crippen molar-refractivity contribution in [3.05, 3.63) is 58.9 Å². The van der Waals surface area contributed by atoms with Gasteiger partial charge in [0.25, 0.3) is 11.9 Å². The zero-order valence-electron chi connectivity index (χ0n) is 23.7. The third-order valence-electron chi connectivity index (χ3n) is 6.97. The number of benzene rings is 1. The SMILES string of the molecule is CC(C)CC1NC(=O)C(C)C(O)C(Cc2c(F)nc(F)c(F)c2F)NC(=O)C(NC(=O)c2ccccc2O)C(C)OC1=O. The molecule has 11 nitrogen and oxygen atoms in total. The van der Waals surface area contributed by atoms with Crippen LogP contribution < -0.4 is 16.0 Å². The van der Waals surface area contributed by atoms with E-state index in [0.717, 1.165) is 0 Å². The summed E-state index contributed by atoms with van der Waals surface area (Å²) in [5.41, 5.74) is -1.37. The normalized spacial score (nSPS) is 25.2. The molecule has 1 aliphatic heterocycles. The summed E-state index contributed by atoms with van der Waals surface area (Å²) in [5.74, 6) is -13.8. The van der Waals surface area contributed by atoms with Crippen LogP contribution in [0.15, 0.2) is 24.3 Å². The van der Waals surface area contributed by atoms with E-state index in [-0.39, 0.29) is 17.9 Å². The molecule has 0 aliphatic carbocycles. The summed E-state index contributed by atoms with van der Waals surface area (Å²) in [6.07, 6.45) is -4.25. The molecule has 1 aromatic heterocycles. The van der Waals surface area contributed by atoms with E-state index >= 15 is 0 Å². The summed E-state index contributed by atoms with van der Waals surface area (Å²) in [5, 5.41) is 28.3. The maximum atomic E-state index is 14.6. The Bertz CT molecular complexity index is 1390. The van der Waals surface area contributed by atoms with Crippen molar-refractivity contribution >= 4 is 23.7 Å². The number of hydrogen-bond acceptors (Lipinski definition) is 8. The van der Waals surface area contributed by atoms with Gasteiger partial charge < -0.3 is 30.9 Å². The van der Waals surface area contributed by atoms with Crippen LogP contribution in [-0.2, 0) is 25.5 Å². The van der Waals surface area contributed by atoms with Gasteiger partial charge in [-0.25, -0.2) is 9.18 Å². The molecule has 3 amide bonds. The lowest BCUT2D eigenvalue weighted by Crippen LogP contribution is -2.60. The molecule has 3 rings (SSSR count). The Morgan fingerprint density at radius 2 is 1.67 bits per heavy atom. The van der Waals surface area contributed by atoms with Gasteiger partial charge in [0, 0.05) is 12.0 Å². The van der Waals surface area contributed by atoms with Crippen LogP contribution in [0.1, 0.15) is 50.0 Å². The number of ether oxygens (including phenoxy) is 1. The van der Waals surface area contributed by atoms with Crippen LogP contribution in [0, 0.1) is 35.4 Å². The fourth-order valence-corrected chi connectivity index (χ4v) is 4.55. The number of aliphatic hydroxyl groups is 1. The predicted octanol–water partition coefficient (Wildman–Crippen LogP) is 1.64. The average molecular weight is 613 g/mol. The Hall–Kier alpha value is -4.27. The fourth-order valence-electron chi connectivity index (χ4n) is 4.55. The molecule has 0 bridgehead atoms. The lowest BCUT2D eigenvalue weighted by atomic mass is 9.91. The molecule has 5 N–H and O–H groups in total. The third kappa shape index (κ3) is 7.77. The fraction of sp³-hybridized carbons (Fsp3) is 0.464. The Balaban J connectivity index is 2.07. The summed E-state index contributed by atoms with van der Waals surface area (Å²) in [4.78, 5) is 55.3. The summed E-state index contributed by atoms with van der Waals surface area (Å²) in [7, 11) is 0. The van der Waals surface area contributed by atoms with Crippen molar-refractivity contribution in [1.82, 2.24) is 20.9 Å². The van der Waals surface area contributed by atoms with Crippen molar-refractivity contribution in [2.24, 2.45) is 11.8 Å². The Kier molecular flexibility index (Phi) is 10.7. The van der Waals surface area contributed by atoms with Gasteiger partial charge in [0.1, 0.15) is 23.9 Å². The second kappa shape index (κ2) is 13.8. The van der Waals surface area contributed by atoms with Gasteiger partial charge in [0.15, 0.2) is 5.82 Å². The van der Waals surface area contributed by atoms with Crippen molar-refractivity contribution in [2.75, 3.05) is 0 Å². The van der Waals surface area contributed by atoms with E-state index in [1.165, 1.54) is 38.1 Å². The highest BCUT2D eigenvalue weighted by Gasteiger charge is 2.40. The largest absolute Gasteiger partial charge is 0.507 e. The maximum absolute atomic E-state index is 14.6. The monoisotopic (exact) mass is 612 g/mol. The van der Waals surface area contributed by atoms with E-state index in [1.807, 2.05) is 0 Å². The second-order valence-corrected chi connectivity index (χ2v) is 10.7. The van der Waals surface area contributed by atoms with E-state index in [9.17, 15) is 47.0 Å². The van der Waals surface area contributed by atoms with E-state index < -0.39 is 101 Å². The van der Waals surface area contributed by atoms with Crippen LogP contribution in [0.5, 0.6) is 5.75 Å². The zero-order chi connectivity index (χ0) is 32.2. The predicted molar refractivity (Wildman–Crippen MR) is 141 cm³/mol. The molecular formula is C28H32F4N4O7. The smallest absolute Gasteiger partial charge is 0.328 e. The van der Waals surface area contributed by atoms with Crippen LogP contribution in [0.3, 0.4) is 0 Å². The maximum Gasteiger partial charge on any atom is 0.328 e. The van der Waals surface area contributed by atoms with Gasteiger partial charge in [-0.2, -0.15) is 18.2 Å². The molecule has 6 atom stereocenters. The summed E-state index contributed by atoms with van der Waals surface area (Å²) < 4.78 is 61.9. The minimum absolute atomic E-state index is 0.0849. The van der Waals surface area contributed by atoms with Gasteiger partial charge in [-0.15, -0.1) is 0 Å². The second-order valence-electron chi connectivity index (χ2n) is 10.7. The van der Waals surface area contributed by atoms with Crippen molar-refractivity contribution in [1.29, 1.82) is 0 Å². The van der Waals surface area contributed by atoms with Crippen molar-refractivity contribution in [3.8, 4) is 5.75 Å². The van der Waals surface area contributed by atoms with E-state index in [1.54, 1.807) is 13.8 Å². The lowest BCUT2D eigenvalue weighted by molar-refractivity contribution is -0.156. The van der Waals surface area contributed by atoms with Gasteiger partial charge in [-0.05, 0) is 31.4 Å².